The number of aromatic nitrogens is 2. The van der Waals surface area contributed by atoms with Crippen LogP contribution in [-0.2, 0) is 16.5 Å². The number of rotatable bonds is 19. The second kappa shape index (κ2) is 21.0. The predicted octanol–water partition coefficient (Wildman–Crippen LogP) is 8.12. The van der Waals surface area contributed by atoms with E-state index in [9.17, 15) is 13.0 Å². The maximum absolute atomic E-state index is 10.2. The van der Waals surface area contributed by atoms with Crippen molar-refractivity contribution in [2.24, 2.45) is 0 Å². The van der Waals surface area contributed by atoms with Crippen LogP contribution in [0.1, 0.15) is 116 Å². The molecule has 0 saturated carbocycles. The van der Waals surface area contributed by atoms with Gasteiger partial charge in [0.25, 0.3) is 0 Å². The van der Waals surface area contributed by atoms with Crippen molar-refractivity contribution in [1.82, 2.24) is 9.97 Å². The lowest BCUT2D eigenvalue weighted by molar-refractivity contribution is 0.309. The van der Waals surface area contributed by atoms with Crippen molar-refractivity contribution < 1.29 is 17.7 Å². The van der Waals surface area contributed by atoms with Gasteiger partial charge in [0.1, 0.15) is 5.75 Å². The number of benzene rings is 1. The molecule has 6 nitrogen and oxygen atoms in total. The quantitative estimate of drug-likeness (QED) is 0.134. The van der Waals surface area contributed by atoms with Gasteiger partial charge in [-0.15, -0.1) is 0 Å². The van der Waals surface area contributed by atoms with Crippen LogP contribution in [0.3, 0.4) is 0 Å². The molecule has 0 unspecified atom stereocenters. The highest BCUT2D eigenvalue weighted by Crippen LogP contribution is 2.20. The molecule has 1 aromatic heterocycles. The third-order valence-electron chi connectivity index (χ3n) is 6.15. The summed E-state index contributed by atoms with van der Waals surface area (Å²) in [6.45, 7) is 7.33. The van der Waals surface area contributed by atoms with E-state index in [1.807, 2.05) is 36.7 Å². The van der Waals surface area contributed by atoms with Crippen molar-refractivity contribution in [2.45, 2.75) is 117 Å². The van der Waals surface area contributed by atoms with Gasteiger partial charge in [0.2, 0.25) is 0 Å². The fourth-order valence-corrected chi connectivity index (χ4v) is 4.39. The van der Waals surface area contributed by atoms with Crippen LogP contribution < -0.4 is 4.74 Å². The van der Waals surface area contributed by atoms with E-state index in [0.717, 1.165) is 62.3 Å². The van der Waals surface area contributed by atoms with Crippen LogP contribution in [0, 0.1) is 0 Å². The molecule has 1 heterocycles. The lowest BCUT2D eigenvalue weighted by Crippen LogP contribution is -2.03. The zero-order valence-corrected chi connectivity index (χ0v) is 24.2. The summed E-state index contributed by atoms with van der Waals surface area (Å²) in [6, 6.07) is 8.06. The van der Waals surface area contributed by atoms with Gasteiger partial charge in [0, 0.05) is 23.7 Å². The summed E-state index contributed by atoms with van der Waals surface area (Å²) in [7, 11) is -3.97. The van der Waals surface area contributed by atoms with Crippen molar-refractivity contribution in [1.29, 1.82) is 0 Å². The summed E-state index contributed by atoms with van der Waals surface area (Å²) in [5, 5.41) is 0. The van der Waals surface area contributed by atoms with Gasteiger partial charge in [-0.2, -0.15) is 0 Å². The first kappa shape index (κ1) is 33.0. The van der Waals surface area contributed by atoms with E-state index in [1.165, 1.54) is 56.9 Å². The van der Waals surface area contributed by atoms with Gasteiger partial charge >= 0.3 is 0 Å². The van der Waals surface area contributed by atoms with Gasteiger partial charge in [0.15, 0.2) is 5.82 Å². The van der Waals surface area contributed by atoms with E-state index >= 15 is 0 Å². The highest BCUT2D eigenvalue weighted by atomic mass is 32.2. The average Bonchev–Trinajstić information content (AvgIpc) is 2.89. The zero-order valence-electron chi connectivity index (χ0n) is 23.4. The van der Waals surface area contributed by atoms with Crippen LogP contribution in [-0.4, -0.2) is 35.3 Å². The lowest BCUT2D eigenvalue weighted by atomic mass is 10.1. The Balaban J connectivity index is 0.000000482. The van der Waals surface area contributed by atoms with Crippen molar-refractivity contribution in [3.63, 3.8) is 0 Å². The number of unbranched alkanes of at least 4 members (excludes halogenated alkanes) is 11. The Labute approximate surface area is 226 Å². The number of ether oxygens (including phenoxy) is 1. The molecule has 0 amide bonds. The lowest BCUT2D eigenvalue weighted by Gasteiger charge is -2.06. The van der Waals surface area contributed by atoms with Crippen LogP contribution in [0.15, 0.2) is 36.7 Å². The van der Waals surface area contributed by atoms with E-state index < -0.39 is 10.1 Å². The van der Waals surface area contributed by atoms with E-state index in [-0.39, 0.29) is 5.75 Å². The molecule has 0 aliphatic heterocycles. The minimum atomic E-state index is -3.97. The van der Waals surface area contributed by atoms with Gasteiger partial charge in [-0.25, -0.2) is 18.4 Å². The standard InChI is InChI=1S/C22H32N2O.C8H18O3S/c1-3-5-7-8-9-10-11-19-17-23-22(24-18-19)20-12-14-21(15-13-20)25-16-6-4-2;1-2-3-4-5-6-7-8-12(9,10)11/h12-15,17-18H,3-11,16H2,1-2H3;2-8H2,1H3,(H,9,10,11)/p-1. The first-order valence-corrected chi connectivity index (χ1v) is 15.9. The zero-order chi connectivity index (χ0) is 27.2. The Hall–Kier alpha value is -1.99. The summed E-state index contributed by atoms with van der Waals surface area (Å²) in [5.41, 5.74) is 2.27. The Bertz CT molecular complexity index is 900. The molecule has 0 atom stereocenters. The molecular weight excluding hydrogens is 484 g/mol. The van der Waals surface area contributed by atoms with Gasteiger partial charge in [0.05, 0.1) is 16.7 Å². The van der Waals surface area contributed by atoms with Crippen LogP contribution in [0.4, 0.5) is 0 Å². The molecule has 0 spiro atoms. The number of hydrogen-bond acceptors (Lipinski definition) is 6. The Kier molecular flexibility index (Phi) is 18.8. The smallest absolute Gasteiger partial charge is 0.159 e. The molecule has 210 valence electrons. The summed E-state index contributed by atoms with van der Waals surface area (Å²) in [4.78, 5) is 9.06. The van der Waals surface area contributed by atoms with Crippen LogP contribution in [0.2, 0.25) is 0 Å². The molecule has 0 bridgehead atoms. The second-order valence-corrected chi connectivity index (χ2v) is 11.2. The highest BCUT2D eigenvalue weighted by molar-refractivity contribution is 7.85. The molecule has 0 aliphatic carbocycles. The molecule has 0 saturated heterocycles. The van der Waals surface area contributed by atoms with Crippen LogP contribution in [0.25, 0.3) is 11.4 Å². The number of nitrogens with zero attached hydrogens (tertiary/aromatic N) is 2. The Morgan fingerprint density at radius 3 is 1.76 bits per heavy atom. The Morgan fingerprint density at radius 2 is 1.22 bits per heavy atom. The third kappa shape index (κ3) is 18.0. The summed E-state index contributed by atoms with van der Waals surface area (Å²) >= 11 is 0. The Morgan fingerprint density at radius 1 is 0.703 bits per heavy atom. The molecule has 2 aromatic rings. The fourth-order valence-electron chi connectivity index (χ4n) is 3.84. The molecule has 0 N–H and O–H groups in total. The average molecular weight is 534 g/mol. The fraction of sp³-hybridized carbons (Fsp3) is 0.667. The highest BCUT2D eigenvalue weighted by Gasteiger charge is 2.03. The van der Waals surface area contributed by atoms with Crippen molar-refractivity contribution >= 4 is 10.1 Å². The maximum Gasteiger partial charge on any atom is 0.159 e. The van der Waals surface area contributed by atoms with E-state index in [4.69, 9.17) is 4.74 Å². The van der Waals surface area contributed by atoms with Crippen LogP contribution >= 0.6 is 0 Å². The van der Waals surface area contributed by atoms with Crippen molar-refractivity contribution in [3.05, 3.63) is 42.2 Å². The van der Waals surface area contributed by atoms with Crippen LogP contribution in [0.5, 0.6) is 5.75 Å². The largest absolute Gasteiger partial charge is 0.748 e. The van der Waals surface area contributed by atoms with Gasteiger partial charge in [-0.1, -0.05) is 91.4 Å². The molecule has 1 aromatic carbocycles. The molecule has 0 aliphatic rings. The predicted molar refractivity (Wildman–Crippen MR) is 153 cm³/mol. The van der Waals surface area contributed by atoms with Gasteiger partial charge in [-0.05, 0) is 55.5 Å². The molecule has 37 heavy (non-hydrogen) atoms. The van der Waals surface area contributed by atoms with Gasteiger partial charge in [-0.3, -0.25) is 0 Å². The maximum atomic E-state index is 10.2. The molecule has 0 fully saturated rings. The molecule has 2 rings (SSSR count). The normalized spacial score (nSPS) is 11.1. The SMILES string of the molecule is CCCCCCCCS(=O)(=O)[O-].CCCCCCCCc1cnc(-c2ccc(OCCCC)cc2)nc1. The number of hydrogen-bond donors (Lipinski definition) is 0. The van der Waals surface area contributed by atoms with E-state index in [2.05, 4.69) is 30.7 Å². The molecule has 0 radical (unpaired) electrons. The van der Waals surface area contributed by atoms with E-state index in [1.54, 1.807) is 0 Å². The van der Waals surface area contributed by atoms with Gasteiger partial charge < -0.3 is 9.29 Å². The number of aryl methyl sites for hydroxylation is 1. The first-order valence-electron chi connectivity index (χ1n) is 14.4. The molecular formula is C30H49N2O4S-. The summed E-state index contributed by atoms with van der Waals surface area (Å²) in [5.74, 6) is 1.50. The van der Waals surface area contributed by atoms with Crippen molar-refractivity contribution in [3.8, 4) is 17.1 Å². The second-order valence-electron chi connectivity index (χ2n) is 9.69. The first-order chi connectivity index (χ1) is 17.9. The third-order valence-corrected chi connectivity index (χ3v) is 6.94. The summed E-state index contributed by atoms with van der Waals surface area (Å²) < 4.78 is 36.2. The minimum Gasteiger partial charge on any atom is -0.748 e. The molecule has 7 heteroatoms. The summed E-state index contributed by atoms with van der Waals surface area (Å²) in [6.07, 6.45) is 21.1. The van der Waals surface area contributed by atoms with Crippen molar-refractivity contribution in [2.75, 3.05) is 12.4 Å². The monoisotopic (exact) mass is 533 g/mol. The minimum absolute atomic E-state index is 0.195. The van der Waals surface area contributed by atoms with E-state index in [0.29, 0.717) is 6.42 Å². The topological polar surface area (TPSA) is 92.2 Å².